The number of carbonyl (C=O) groups excluding carboxylic acids is 1. The first-order valence-electron chi connectivity index (χ1n) is 6.93. The topological polar surface area (TPSA) is 40.8 Å². The average molecular weight is 305 g/mol. The standard InChI is InChI=1S/C15H17ClN4O/c1-18-8-10-19(11-9-18)14(21)6-5-12-15(16)17-13-4-2-3-7-20(12)13/h2-7H,8-11H2,1H3/b6-5+. The van der Waals surface area contributed by atoms with Gasteiger partial charge in [-0.15, -0.1) is 0 Å². The minimum Gasteiger partial charge on any atom is -0.337 e. The summed E-state index contributed by atoms with van der Waals surface area (Å²) in [4.78, 5) is 20.5. The van der Waals surface area contributed by atoms with Gasteiger partial charge in [-0.2, -0.15) is 0 Å². The lowest BCUT2D eigenvalue weighted by Gasteiger charge is -2.31. The number of amides is 1. The monoisotopic (exact) mass is 304 g/mol. The summed E-state index contributed by atoms with van der Waals surface area (Å²) in [5.74, 6) is 0.0186. The minimum atomic E-state index is 0.0186. The van der Waals surface area contributed by atoms with Crippen molar-refractivity contribution in [2.24, 2.45) is 0 Å². The van der Waals surface area contributed by atoms with Gasteiger partial charge in [-0.25, -0.2) is 4.98 Å². The number of likely N-dealkylation sites (N-methyl/N-ethyl adjacent to an activating group) is 1. The van der Waals surface area contributed by atoms with Gasteiger partial charge in [0.05, 0.1) is 5.69 Å². The van der Waals surface area contributed by atoms with Crippen LogP contribution in [-0.2, 0) is 4.79 Å². The molecule has 21 heavy (non-hydrogen) atoms. The minimum absolute atomic E-state index is 0.0186. The maximum absolute atomic E-state index is 12.2. The van der Waals surface area contributed by atoms with Crippen molar-refractivity contribution in [1.29, 1.82) is 0 Å². The normalized spacial score (nSPS) is 17.0. The van der Waals surface area contributed by atoms with Crippen molar-refractivity contribution in [3.05, 3.63) is 41.3 Å². The van der Waals surface area contributed by atoms with Crippen LogP contribution in [0.4, 0.5) is 0 Å². The van der Waals surface area contributed by atoms with Gasteiger partial charge in [0.25, 0.3) is 0 Å². The first kappa shape index (κ1) is 14.1. The zero-order valence-corrected chi connectivity index (χ0v) is 12.6. The second-order valence-electron chi connectivity index (χ2n) is 5.18. The number of aromatic nitrogens is 2. The molecule has 110 valence electrons. The molecule has 2 aromatic rings. The Morgan fingerprint density at radius 1 is 1.29 bits per heavy atom. The maximum atomic E-state index is 12.2. The van der Waals surface area contributed by atoms with Crippen molar-refractivity contribution in [1.82, 2.24) is 19.2 Å². The molecule has 1 aliphatic rings. The molecule has 3 rings (SSSR count). The van der Waals surface area contributed by atoms with Crippen LogP contribution in [0, 0.1) is 0 Å². The lowest BCUT2D eigenvalue weighted by atomic mass is 10.3. The lowest BCUT2D eigenvalue weighted by Crippen LogP contribution is -2.46. The maximum Gasteiger partial charge on any atom is 0.246 e. The van der Waals surface area contributed by atoms with Gasteiger partial charge in [-0.3, -0.25) is 9.20 Å². The van der Waals surface area contributed by atoms with Crippen LogP contribution < -0.4 is 0 Å². The van der Waals surface area contributed by atoms with Gasteiger partial charge >= 0.3 is 0 Å². The third-order valence-electron chi connectivity index (χ3n) is 3.72. The smallest absolute Gasteiger partial charge is 0.246 e. The summed E-state index contributed by atoms with van der Waals surface area (Å²) in [6, 6.07) is 5.69. The zero-order chi connectivity index (χ0) is 14.8. The fourth-order valence-electron chi connectivity index (χ4n) is 2.42. The van der Waals surface area contributed by atoms with E-state index in [0.29, 0.717) is 5.15 Å². The third kappa shape index (κ3) is 2.94. The van der Waals surface area contributed by atoms with Crippen LogP contribution in [0.2, 0.25) is 5.15 Å². The summed E-state index contributed by atoms with van der Waals surface area (Å²) in [6.07, 6.45) is 5.20. The Labute approximate surface area is 128 Å². The van der Waals surface area contributed by atoms with Crippen molar-refractivity contribution < 1.29 is 4.79 Å². The molecular formula is C15H17ClN4O. The molecule has 0 aliphatic carbocycles. The van der Waals surface area contributed by atoms with Crippen LogP contribution in [0.25, 0.3) is 11.7 Å². The Morgan fingerprint density at radius 3 is 2.81 bits per heavy atom. The Kier molecular flexibility index (Phi) is 3.94. The molecule has 0 bridgehead atoms. The number of carbonyl (C=O) groups is 1. The summed E-state index contributed by atoms with van der Waals surface area (Å²) in [5, 5.41) is 0.406. The van der Waals surface area contributed by atoms with Crippen LogP contribution in [0.5, 0.6) is 0 Å². The van der Waals surface area contributed by atoms with E-state index in [1.54, 1.807) is 12.2 Å². The Hall–Kier alpha value is -1.85. The number of hydrogen-bond donors (Lipinski definition) is 0. The number of pyridine rings is 1. The predicted octanol–water partition coefficient (Wildman–Crippen LogP) is 1.77. The second kappa shape index (κ2) is 5.87. The number of imidazole rings is 1. The number of halogens is 1. The van der Waals surface area contributed by atoms with Gasteiger partial charge in [0.1, 0.15) is 5.65 Å². The molecule has 0 saturated carbocycles. The van der Waals surface area contributed by atoms with E-state index in [2.05, 4.69) is 16.9 Å². The molecule has 1 aliphatic heterocycles. The zero-order valence-electron chi connectivity index (χ0n) is 11.9. The number of fused-ring (bicyclic) bond motifs is 1. The van der Waals surface area contributed by atoms with Crippen molar-refractivity contribution in [2.75, 3.05) is 33.2 Å². The van der Waals surface area contributed by atoms with E-state index in [-0.39, 0.29) is 5.91 Å². The van der Waals surface area contributed by atoms with Crippen LogP contribution in [0.3, 0.4) is 0 Å². The van der Waals surface area contributed by atoms with Crippen LogP contribution >= 0.6 is 11.6 Å². The lowest BCUT2D eigenvalue weighted by molar-refractivity contribution is -0.127. The first-order chi connectivity index (χ1) is 10.1. The molecule has 0 atom stereocenters. The third-order valence-corrected chi connectivity index (χ3v) is 4.00. The molecular weight excluding hydrogens is 288 g/mol. The quantitative estimate of drug-likeness (QED) is 0.794. The summed E-state index contributed by atoms with van der Waals surface area (Å²) < 4.78 is 1.87. The van der Waals surface area contributed by atoms with Gasteiger partial charge in [0.15, 0.2) is 5.15 Å². The molecule has 1 amide bonds. The van der Waals surface area contributed by atoms with Gasteiger partial charge in [-0.05, 0) is 25.3 Å². The average Bonchev–Trinajstić information content (AvgIpc) is 2.81. The molecule has 3 heterocycles. The molecule has 2 aromatic heterocycles. The highest BCUT2D eigenvalue weighted by Crippen LogP contribution is 2.19. The summed E-state index contributed by atoms with van der Waals surface area (Å²) >= 11 is 6.14. The second-order valence-corrected chi connectivity index (χ2v) is 5.54. The number of piperazine rings is 1. The van der Waals surface area contributed by atoms with E-state index < -0.39 is 0 Å². The van der Waals surface area contributed by atoms with Crippen molar-refractivity contribution >= 4 is 29.2 Å². The molecule has 5 nitrogen and oxygen atoms in total. The van der Waals surface area contributed by atoms with Crippen LogP contribution in [-0.4, -0.2) is 58.3 Å². The molecule has 0 unspecified atom stereocenters. The molecule has 1 fully saturated rings. The van der Waals surface area contributed by atoms with Crippen molar-refractivity contribution in [3.63, 3.8) is 0 Å². The van der Waals surface area contributed by atoms with Crippen molar-refractivity contribution in [3.8, 4) is 0 Å². The van der Waals surface area contributed by atoms with Gasteiger partial charge in [0, 0.05) is 38.5 Å². The predicted molar refractivity (Wildman–Crippen MR) is 83.3 cm³/mol. The molecule has 1 saturated heterocycles. The highest BCUT2D eigenvalue weighted by molar-refractivity contribution is 6.31. The summed E-state index contributed by atoms with van der Waals surface area (Å²) in [6.45, 7) is 3.35. The van der Waals surface area contributed by atoms with E-state index in [1.807, 2.05) is 33.7 Å². The number of nitrogens with zero attached hydrogens (tertiary/aromatic N) is 4. The first-order valence-corrected chi connectivity index (χ1v) is 7.31. The Balaban J connectivity index is 1.78. The fourth-order valence-corrected chi connectivity index (χ4v) is 2.66. The molecule has 0 aromatic carbocycles. The summed E-state index contributed by atoms with van der Waals surface area (Å²) in [7, 11) is 2.07. The largest absolute Gasteiger partial charge is 0.337 e. The van der Waals surface area contributed by atoms with Gasteiger partial charge in [-0.1, -0.05) is 17.7 Å². The number of rotatable bonds is 2. The van der Waals surface area contributed by atoms with Gasteiger partial charge in [0.2, 0.25) is 5.91 Å². The van der Waals surface area contributed by atoms with Crippen LogP contribution in [0.1, 0.15) is 5.69 Å². The fraction of sp³-hybridized carbons (Fsp3) is 0.333. The molecule has 0 spiro atoms. The Bertz CT molecular complexity index is 686. The van der Waals surface area contributed by atoms with E-state index >= 15 is 0 Å². The Morgan fingerprint density at radius 2 is 2.05 bits per heavy atom. The van der Waals surface area contributed by atoms with Gasteiger partial charge < -0.3 is 9.80 Å². The van der Waals surface area contributed by atoms with Crippen LogP contribution in [0.15, 0.2) is 30.5 Å². The molecule has 0 N–H and O–H groups in total. The summed E-state index contributed by atoms with van der Waals surface area (Å²) in [5.41, 5.74) is 1.50. The van der Waals surface area contributed by atoms with E-state index in [9.17, 15) is 4.79 Å². The number of hydrogen-bond acceptors (Lipinski definition) is 3. The molecule has 6 heteroatoms. The van der Waals surface area contributed by atoms with Crippen molar-refractivity contribution in [2.45, 2.75) is 0 Å². The SMILES string of the molecule is CN1CCN(C(=O)/C=C/c2c(Cl)nc3ccccn23)CC1. The van der Waals surface area contributed by atoms with E-state index in [4.69, 9.17) is 11.6 Å². The van der Waals surface area contributed by atoms with E-state index in [0.717, 1.165) is 37.5 Å². The highest BCUT2D eigenvalue weighted by Gasteiger charge is 2.17. The molecule has 0 radical (unpaired) electrons. The van der Waals surface area contributed by atoms with E-state index in [1.165, 1.54) is 0 Å². The highest BCUT2D eigenvalue weighted by atomic mass is 35.5.